The number of oxazole rings is 1. The molecule has 2 aromatic rings. The largest absolute Gasteiger partial charge is 0.436 e. The molecule has 1 aromatic heterocycles. The molecule has 4 nitrogen and oxygen atoms in total. The van der Waals surface area contributed by atoms with Crippen molar-refractivity contribution in [2.45, 2.75) is 20.0 Å². The lowest BCUT2D eigenvalue weighted by Gasteiger charge is -2.12. The van der Waals surface area contributed by atoms with Crippen LogP contribution >= 0.6 is 0 Å². The van der Waals surface area contributed by atoms with Crippen molar-refractivity contribution in [3.63, 3.8) is 0 Å². The number of carbonyl (C=O) groups is 1. The van der Waals surface area contributed by atoms with Crippen LogP contribution in [-0.2, 0) is 6.18 Å². The monoisotopic (exact) mass is 284 g/mol. The van der Waals surface area contributed by atoms with Gasteiger partial charge in [-0.25, -0.2) is 4.98 Å². The van der Waals surface area contributed by atoms with Crippen LogP contribution in [0.5, 0.6) is 0 Å². The Labute approximate surface area is 112 Å². The number of benzene rings is 1. The van der Waals surface area contributed by atoms with Crippen LogP contribution in [0.2, 0.25) is 0 Å². The molecular weight excluding hydrogens is 273 g/mol. The molecule has 0 bridgehead atoms. The predicted octanol–water partition coefficient (Wildman–Crippen LogP) is 3.56. The predicted molar refractivity (Wildman–Crippen MR) is 65.4 cm³/mol. The Balaban J connectivity index is 2.31. The van der Waals surface area contributed by atoms with Crippen molar-refractivity contribution in [1.29, 1.82) is 0 Å². The molecule has 1 heterocycles. The van der Waals surface area contributed by atoms with Crippen LogP contribution in [0, 0.1) is 13.8 Å². The summed E-state index contributed by atoms with van der Waals surface area (Å²) in [5.74, 6) is -0.587. The molecule has 106 valence electrons. The minimum absolute atomic E-state index is 0.0977. The van der Waals surface area contributed by atoms with Crippen molar-refractivity contribution in [3.05, 3.63) is 47.2 Å². The molecule has 0 spiro atoms. The van der Waals surface area contributed by atoms with Crippen LogP contribution in [-0.4, -0.2) is 10.9 Å². The second kappa shape index (κ2) is 4.99. The summed E-state index contributed by atoms with van der Waals surface area (Å²) in [6.07, 6.45) is -4.55. The van der Waals surface area contributed by atoms with Crippen LogP contribution < -0.4 is 5.32 Å². The Hall–Kier alpha value is -2.31. The van der Waals surface area contributed by atoms with Gasteiger partial charge >= 0.3 is 6.18 Å². The van der Waals surface area contributed by atoms with Gasteiger partial charge in [0.2, 0.25) is 5.76 Å². The topological polar surface area (TPSA) is 55.1 Å². The van der Waals surface area contributed by atoms with Crippen molar-refractivity contribution < 1.29 is 22.4 Å². The maximum atomic E-state index is 12.8. The summed E-state index contributed by atoms with van der Waals surface area (Å²) in [7, 11) is 0. The normalized spacial score (nSPS) is 11.4. The number of alkyl halides is 3. The van der Waals surface area contributed by atoms with Gasteiger partial charge in [-0.3, -0.25) is 4.79 Å². The number of hydrogen-bond donors (Lipinski definition) is 1. The van der Waals surface area contributed by atoms with E-state index < -0.39 is 17.6 Å². The van der Waals surface area contributed by atoms with Gasteiger partial charge in [0.05, 0.1) is 16.9 Å². The fraction of sp³-hybridized carbons (Fsp3) is 0.231. The average Bonchev–Trinajstić information content (AvgIpc) is 2.68. The van der Waals surface area contributed by atoms with Gasteiger partial charge in [0.15, 0.2) is 5.89 Å². The van der Waals surface area contributed by atoms with E-state index in [9.17, 15) is 18.0 Å². The van der Waals surface area contributed by atoms with E-state index in [4.69, 9.17) is 4.42 Å². The summed E-state index contributed by atoms with van der Waals surface area (Å²) in [5.41, 5.74) is -0.912. The molecule has 0 atom stereocenters. The molecule has 20 heavy (non-hydrogen) atoms. The van der Waals surface area contributed by atoms with Crippen LogP contribution in [0.25, 0.3) is 0 Å². The lowest BCUT2D eigenvalue weighted by Crippen LogP contribution is -2.16. The third-order valence-electron chi connectivity index (χ3n) is 2.59. The van der Waals surface area contributed by atoms with E-state index in [2.05, 4.69) is 10.3 Å². The Morgan fingerprint density at radius 1 is 1.25 bits per heavy atom. The first kappa shape index (κ1) is 14.1. The number of para-hydroxylation sites is 1. The van der Waals surface area contributed by atoms with E-state index in [0.717, 1.165) is 6.07 Å². The average molecular weight is 284 g/mol. The van der Waals surface area contributed by atoms with E-state index >= 15 is 0 Å². The van der Waals surface area contributed by atoms with E-state index in [0.29, 0.717) is 5.69 Å². The SMILES string of the molecule is Cc1nc(C)c(C(=O)Nc2ccccc2C(F)(F)F)o1. The van der Waals surface area contributed by atoms with Gasteiger partial charge in [0.25, 0.3) is 5.91 Å². The summed E-state index contributed by atoms with van der Waals surface area (Å²) < 4.78 is 43.5. The lowest BCUT2D eigenvalue weighted by atomic mass is 10.1. The Morgan fingerprint density at radius 2 is 1.90 bits per heavy atom. The standard InChI is InChI=1S/C13H11F3N2O2/c1-7-11(20-8(2)17-7)12(19)18-10-6-4-3-5-9(10)13(14,15)16/h3-6H,1-2H3,(H,18,19). The molecule has 0 unspecified atom stereocenters. The summed E-state index contributed by atoms with van der Waals surface area (Å²) in [5, 5.41) is 2.19. The van der Waals surface area contributed by atoms with Crippen molar-refractivity contribution in [3.8, 4) is 0 Å². The maximum Gasteiger partial charge on any atom is 0.418 e. The van der Waals surface area contributed by atoms with Gasteiger partial charge in [-0.1, -0.05) is 12.1 Å². The fourth-order valence-electron chi connectivity index (χ4n) is 1.76. The van der Waals surface area contributed by atoms with Gasteiger partial charge in [-0.2, -0.15) is 13.2 Å². The molecule has 0 saturated heterocycles. The number of amides is 1. The summed E-state index contributed by atoms with van der Waals surface area (Å²) in [4.78, 5) is 15.8. The molecule has 0 fully saturated rings. The summed E-state index contributed by atoms with van der Waals surface area (Å²) >= 11 is 0. The molecule has 0 radical (unpaired) electrons. The van der Waals surface area contributed by atoms with Gasteiger partial charge in [0.1, 0.15) is 0 Å². The van der Waals surface area contributed by atoms with E-state index in [1.807, 2.05) is 0 Å². The lowest BCUT2D eigenvalue weighted by molar-refractivity contribution is -0.136. The Morgan fingerprint density at radius 3 is 2.45 bits per heavy atom. The summed E-state index contributed by atoms with van der Waals surface area (Å²) in [6, 6.07) is 4.74. The molecule has 0 aliphatic rings. The van der Waals surface area contributed by atoms with Crippen molar-refractivity contribution in [2.75, 3.05) is 5.32 Å². The van der Waals surface area contributed by atoms with Crippen LogP contribution in [0.1, 0.15) is 27.7 Å². The number of nitrogens with zero attached hydrogens (tertiary/aromatic N) is 1. The summed E-state index contributed by atoms with van der Waals surface area (Å²) in [6.45, 7) is 3.09. The number of carbonyl (C=O) groups excluding carboxylic acids is 1. The van der Waals surface area contributed by atoms with Crippen molar-refractivity contribution in [2.24, 2.45) is 0 Å². The third kappa shape index (κ3) is 2.81. The molecular formula is C13H11F3N2O2. The molecule has 0 saturated carbocycles. The van der Waals surface area contributed by atoms with Crippen molar-refractivity contribution in [1.82, 2.24) is 4.98 Å². The maximum absolute atomic E-state index is 12.8. The minimum atomic E-state index is -4.55. The number of halogens is 3. The molecule has 1 N–H and O–H groups in total. The smallest absolute Gasteiger partial charge is 0.418 e. The van der Waals surface area contributed by atoms with Gasteiger partial charge < -0.3 is 9.73 Å². The number of hydrogen-bond acceptors (Lipinski definition) is 3. The fourth-order valence-corrected chi connectivity index (χ4v) is 1.76. The highest BCUT2D eigenvalue weighted by Crippen LogP contribution is 2.34. The molecule has 7 heteroatoms. The van der Waals surface area contributed by atoms with Gasteiger partial charge in [-0.15, -0.1) is 0 Å². The minimum Gasteiger partial charge on any atom is -0.436 e. The molecule has 1 aromatic carbocycles. The highest BCUT2D eigenvalue weighted by molar-refractivity contribution is 6.03. The zero-order chi connectivity index (χ0) is 14.9. The Bertz CT molecular complexity index is 647. The molecule has 1 amide bonds. The first-order chi connectivity index (χ1) is 9.29. The second-order valence-electron chi connectivity index (χ2n) is 4.14. The number of aryl methyl sites for hydroxylation is 2. The highest BCUT2D eigenvalue weighted by atomic mass is 19.4. The molecule has 2 rings (SSSR count). The molecule has 0 aliphatic heterocycles. The quantitative estimate of drug-likeness (QED) is 0.917. The van der Waals surface area contributed by atoms with Crippen LogP contribution in [0.3, 0.4) is 0 Å². The van der Waals surface area contributed by atoms with E-state index in [-0.39, 0.29) is 17.3 Å². The number of aromatic nitrogens is 1. The zero-order valence-corrected chi connectivity index (χ0v) is 10.7. The van der Waals surface area contributed by atoms with E-state index in [1.54, 1.807) is 13.8 Å². The third-order valence-corrected chi connectivity index (χ3v) is 2.59. The highest BCUT2D eigenvalue weighted by Gasteiger charge is 2.34. The Kier molecular flexibility index (Phi) is 3.52. The van der Waals surface area contributed by atoms with Crippen LogP contribution in [0.4, 0.5) is 18.9 Å². The first-order valence-corrected chi connectivity index (χ1v) is 5.70. The van der Waals surface area contributed by atoms with Gasteiger partial charge in [0, 0.05) is 6.92 Å². The number of anilines is 1. The van der Waals surface area contributed by atoms with Gasteiger partial charge in [-0.05, 0) is 19.1 Å². The second-order valence-corrected chi connectivity index (χ2v) is 4.14. The molecule has 0 aliphatic carbocycles. The zero-order valence-electron chi connectivity index (χ0n) is 10.7. The van der Waals surface area contributed by atoms with Crippen molar-refractivity contribution >= 4 is 11.6 Å². The number of rotatable bonds is 2. The number of nitrogens with one attached hydrogen (secondary N) is 1. The first-order valence-electron chi connectivity index (χ1n) is 5.70. The van der Waals surface area contributed by atoms with Crippen LogP contribution in [0.15, 0.2) is 28.7 Å². The van der Waals surface area contributed by atoms with E-state index in [1.165, 1.54) is 18.2 Å².